The van der Waals surface area contributed by atoms with E-state index in [9.17, 15) is 0 Å². The van der Waals surface area contributed by atoms with Gasteiger partial charge in [0.2, 0.25) is 0 Å². The van der Waals surface area contributed by atoms with E-state index in [1.54, 1.807) is 0 Å². The van der Waals surface area contributed by atoms with Crippen LogP contribution in [0.15, 0.2) is 41.8 Å². The molecular weight excluding hydrogens is 338 g/mol. The molecule has 0 fully saturated rings. The minimum absolute atomic E-state index is 0.420. The quantitative estimate of drug-likeness (QED) is 0.427. The SMILES string of the molecule is CCCCCCOc1ccc2c(c1)C1C=CCC1C(c1sccc1C)N2. The number of allylic oxidation sites excluding steroid dienone is 2. The molecule has 1 aromatic heterocycles. The summed E-state index contributed by atoms with van der Waals surface area (Å²) < 4.78 is 6.04. The molecule has 3 heteroatoms. The Bertz CT molecular complexity index is 778. The van der Waals surface area contributed by atoms with Gasteiger partial charge in [-0.3, -0.25) is 0 Å². The van der Waals surface area contributed by atoms with Crippen molar-refractivity contribution in [2.75, 3.05) is 11.9 Å². The molecule has 2 heterocycles. The van der Waals surface area contributed by atoms with Crippen LogP contribution in [0.4, 0.5) is 5.69 Å². The molecule has 0 bridgehead atoms. The number of ether oxygens (including phenoxy) is 1. The fraction of sp³-hybridized carbons (Fsp3) is 0.478. The van der Waals surface area contributed by atoms with Gasteiger partial charge in [-0.2, -0.15) is 0 Å². The van der Waals surface area contributed by atoms with E-state index >= 15 is 0 Å². The number of hydrogen-bond donors (Lipinski definition) is 1. The molecule has 3 atom stereocenters. The Morgan fingerprint density at radius 2 is 2.12 bits per heavy atom. The molecule has 0 saturated carbocycles. The standard InChI is InChI=1S/C23H29NOS/c1-3-4-5-6-13-25-17-10-11-21-20(15-17)18-8-7-9-19(18)22(24-21)23-16(2)12-14-26-23/h7-8,10-12,14-15,18-19,22,24H,3-6,9,13H2,1-2H3. The van der Waals surface area contributed by atoms with Gasteiger partial charge in [-0.1, -0.05) is 38.3 Å². The van der Waals surface area contributed by atoms with Gasteiger partial charge >= 0.3 is 0 Å². The van der Waals surface area contributed by atoms with E-state index in [-0.39, 0.29) is 0 Å². The van der Waals surface area contributed by atoms with Gasteiger partial charge < -0.3 is 10.1 Å². The summed E-state index contributed by atoms with van der Waals surface area (Å²) in [5, 5.41) is 6.05. The van der Waals surface area contributed by atoms with Gasteiger partial charge in [0.1, 0.15) is 5.75 Å². The number of benzene rings is 1. The van der Waals surface area contributed by atoms with Crippen molar-refractivity contribution in [3.05, 3.63) is 57.8 Å². The van der Waals surface area contributed by atoms with E-state index < -0.39 is 0 Å². The molecule has 2 aliphatic rings. The zero-order valence-electron chi connectivity index (χ0n) is 15.8. The van der Waals surface area contributed by atoms with Gasteiger partial charge in [-0.25, -0.2) is 0 Å². The highest BCUT2D eigenvalue weighted by Gasteiger charge is 2.38. The van der Waals surface area contributed by atoms with Crippen molar-refractivity contribution in [1.82, 2.24) is 0 Å². The van der Waals surface area contributed by atoms with Crippen LogP contribution >= 0.6 is 11.3 Å². The predicted molar refractivity (Wildman–Crippen MR) is 111 cm³/mol. The van der Waals surface area contributed by atoms with E-state index in [1.165, 1.54) is 41.0 Å². The maximum absolute atomic E-state index is 6.04. The Morgan fingerprint density at radius 1 is 1.19 bits per heavy atom. The van der Waals surface area contributed by atoms with Crippen LogP contribution in [0.25, 0.3) is 0 Å². The summed E-state index contributed by atoms with van der Waals surface area (Å²) in [6.07, 6.45) is 10.9. The lowest BCUT2D eigenvalue weighted by atomic mass is 9.78. The van der Waals surface area contributed by atoms with Crippen molar-refractivity contribution >= 4 is 17.0 Å². The molecule has 1 N–H and O–H groups in total. The van der Waals surface area contributed by atoms with Gasteiger partial charge in [0.05, 0.1) is 12.6 Å². The first-order chi connectivity index (χ1) is 12.8. The number of fused-ring (bicyclic) bond motifs is 3. The lowest BCUT2D eigenvalue weighted by molar-refractivity contribution is 0.304. The van der Waals surface area contributed by atoms with Crippen LogP contribution in [-0.4, -0.2) is 6.61 Å². The Balaban J connectivity index is 1.52. The minimum atomic E-state index is 0.420. The van der Waals surface area contributed by atoms with Gasteiger partial charge in [0.15, 0.2) is 0 Å². The number of nitrogens with one attached hydrogen (secondary N) is 1. The van der Waals surface area contributed by atoms with Crippen LogP contribution in [0, 0.1) is 12.8 Å². The second-order valence-corrected chi connectivity index (χ2v) is 8.55. The zero-order chi connectivity index (χ0) is 17.9. The number of aryl methyl sites for hydroxylation is 1. The number of thiophene rings is 1. The third kappa shape index (κ3) is 3.42. The van der Waals surface area contributed by atoms with Crippen LogP contribution in [0.5, 0.6) is 5.75 Å². The molecule has 1 aromatic carbocycles. The van der Waals surface area contributed by atoms with Crippen LogP contribution in [-0.2, 0) is 0 Å². The zero-order valence-corrected chi connectivity index (χ0v) is 16.6. The van der Waals surface area contributed by atoms with Crippen molar-refractivity contribution in [3.63, 3.8) is 0 Å². The predicted octanol–water partition coefficient (Wildman–Crippen LogP) is 6.84. The number of hydrogen-bond acceptors (Lipinski definition) is 3. The second kappa shape index (κ2) is 7.87. The van der Waals surface area contributed by atoms with Crippen LogP contribution in [0.1, 0.15) is 67.0 Å². The monoisotopic (exact) mass is 367 g/mol. The normalized spacial score (nSPS) is 23.4. The number of unbranched alkanes of at least 4 members (excludes halogenated alkanes) is 3. The molecule has 3 unspecified atom stereocenters. The molecule has 0 spiro atoms. The summed E-state index contributed by atoms with van der Waals surface area (Å²) in [7, 11) is 0. The summed E-state index contributed by atoms with van der Waals surface area (Å²) in [6.45, 7) is 5.30. The molecular formula is C23H29NOS. The van der Waals surface area contributed by atoms with Crippen molar-refractivity contribution in [1.29, 1.82) is 0 Å². The van der Waals surface area contributed by atoms with E-state index in [0.717, 1.165) is 25.2 Å². The van der Waals surface area contributed by atoms with E-state index in [4.69, 9.17) is 4.74 Å². The maximum atomic E-state index is 6.04. The summed E-state index contributed by atoms with van der Waals surface area (Å²) in [4.78, 5) is 1.49. The molecule has 1 aliphatic carbocycles. The van der Waals surface area contributed by atoms with Crippen molar-refractivity contribution in [3.8, 4) is 5.75 Å². The smallest absolute Gasteiger partial charge is 0.119 e. The molecule has 1 aliphatic heterocycles. The van der Waals surface area contributed by atoms with Crippen molar-refractivity contribution in [2.45, 2.75) is 57.9 Å². The van der Waals surface area contributed by atoms with E-state index in [2.05, 4.69) is 61.0 Å². The summed E-state index contributed by atoms with van der Waals surface area (Å²) in [5.74, 6) is 2.13. The van der Waals surface area contributed by atoms with Gasteiger partial charge in [0.25, 0.3) is 0 Å². The van der Waals surface area contributed by atoms with Crippen molar-refractivity contribution < 1.29 is 4.74 Å². The second-order valence-electron chi connectivity index (χ2n) is 7.60. The Kier molecular flexibility index (Phi) is 5.35. The van der Waals surface area contributed by atoms with Gasteiger partial charge in [0, 0.05) is 16.5 Å². The summed E-state index contributed by atoms with van der Waals surface area (Å²) >= 11 is 1.89. The first-order valence-corrected chi connectivity index (χ1v) is 10.9. The molecule has 2 aromatic rings. The van der Waals surface area contributed by atoms with Crippen molar-refractivity contribution in [2.24, 2.45) is 5.92 Å². The summed E-state index contributed by atoms with van der Waals surface area (Å²) in [6, 6.07) is 9.28. The van der Waals surface area contributed by atoms with Crippen LogP contribution in [0.3, 0.4) is 0 Å². The van der Waals surface area contributed by atoms with E-state index in [0.29, 0.717) is 17.9 Å². The largest absolute Gasteiger partial charge is 0.494 e. The third-order valence-corrected chi connectivity index (χ3v) is 6.89. The maximum Gasteiger partial charge on any atom is 0.119 e. The summed E-state index contributed by atoms with van der Waals surface area (Å²) in [5.41, 5.74) is 4.09. The fourth-order valence-electron chi connectivity index (χ4n) is 4.34. The highest BCUT2D eigenvalue weighted by molar-refractivity contribution is 7.10. The molecule has 2 nitrogen and oxygen atoms in total. The van der Waals surface area contributed by atoms with Crippen LogP contribution < -0.4 is 10.1 Å². The Morgan fingerprint density at radius 3 is 2.92 bits per heavy atom. The average Bonchev–Trinajstić information content (AvgIpc) is 3.30. The van der Waals surface area contributed by atoms with Crippen LogP contribution in [0.2, 0.25) is 0 Å². The Hall–Kier alpha value is -1.74. The fourth-order valence-corrected chi connectivity index (χ4v) is 5.40. The first-order valence-electron chi connectivity index (χ1n) is 10.0. The lowest BCUT2D eigenvalue weighted by Crippen LogP contribution is -2.28. The topological polar surface area (TPSA) is 21.3 Å². The Labute approximate surface area is 161 Å². The molecule has 138 valence electrons. The number of anilines is 1. The third-order valence-electron chi connectivity index (χ3n) is 5.79. The van der Waals surface area contributed by atoms with E-state index in [1.807, 2.05) is 11.3 Å². The first kappa shape index (κ1) is 17.7. The lowest BCUT2D eigenvalue weighted by Gasteiger charge is -2.37. The highest BCUT2D eigenvalue weighted by Crippen LogP contribution is 2.51. The molecule has 26 heavy (non-hydrogen) atoms. The molecule has 0 saturated heterocycles. The average molecular weight is 368 g/mol. The van der Waals surface area contributed by atoms with Gasteiger partial charge in [-0.15, -0.1) is 11.3 Å². The van der Waals surface area contributed by atoms with Gasteiger partial charge in [-0.05, 0) is 66.5 Å². The minimum Gasteiger partial charge on any atom is -0.494 e. The molecule has 4 rings (SSSR count). The highest BCUT2D eigenvalue weighted by atomic mass is 32.1. The molecule has 0 amide bonds. The molecule has 0 radical (unpaired) electrons. The number of rotatable bonds is 7.